The Morgan fingerprint density at radius 1 is 0.857 bits per heavy atom. The number of rotatable bonds is 7. The van der Waals surface area contributed by atoms with Gasteiger partial charge in [-0.2, -0.15) is 0 Å². The van der Waals surface area contributed by atoms with E-state index in [9.17, 15) is 19.4 Å². The second-order valence-electron chi connectivity index (χ2n) is 8.74. The molecule has 2 unspecified atom stereocenters. The quantitative estimate of drug-likeness (QED) is 0.342. The molecule has 0 saturated heterocycles. The third kappa shape index (κ3) is 4.50. The van der Waals surface area contributed by atoms with Crippen molar-refractivity contribution in [2.75, 3.05) is 13.2 Å². The van der Waals surface area contributed by atoms with Gasteiger partial charge in [-0.1, -0.05) is 78.9 Å². The number of fused-ring (bicyclic) bond motifs is 4. The molecule has 0 radical (unpaired) electrons. The van der Waals surface area contributed by atoms with Crippen molar-refractivity contribution < 1.29 is 24.1 Å². The van der Waals surface area contributed by atoms with Crippen LogP contribution in [0.15, 0.2) is 84.9 Å². The maximum absolute atomic E-state index is 14.1. The largest absolute Gasteiger partial charge is 0.449 e. The second kappa shape index (κ2) is 9.86. The van der Waals surface area contributed by atoms with Gasteiger partial charge in [0, 0.05) is 17.8 Å². The number of aliphatic hydroxyl groups is 2. The average Bonchev–Trinajstić information content (AvgIpc) is 3.21. The molecule has 0 saturated carbocycles. The molecule has 0 aromatic heterocycles. The van der Waals surface area contributed by atoms with Crippen LogP contribution in [-0.2, 0) is 4.74 Å². The number of amides is 1. The van der Waals surface area contributed by atoms with Crippen molar-refractivity contribution in [1.29, 1.82) is 0 Å². The summed E-state index contributed by atoms with van der Waals surface area (Å²) < 4.78 is 19.6. The van der Waals surface area contributed by atoms with Gasteiger partial charge in [-0.05, 0) is 45.7 Å². The van der Waals surface area contributed by atoms with Gasteiger partial charge in [0.1, 0.15) is 18.5 Å². The van der Waals surface area contributed by atoms with Crippen molar-refractivity contribution in [2.24, 2.45) is 0 Å². The number of aliphatic hydroxyl groups excluding tert-OH is 2. The molecule has 5 rings (SSSR count). The lowest BCUT2D eigenvalue weighted by Gasteiger charge is -2.20. The highest BCUT2D eigenvalue weighted by molar-refractivity contribution is 5.86. The minimum absolute atomic E-state index is 0.0349. The van der Waals surface area contributed by atoms with E-state index < -0.39 is 18.3 Å². The van der Waals surface area contributed by atoms with Crippen LogP contribution in [0.5, 0.6) is 0 Å². The summed E-state index contributed by atoms with van der Waals surface area (Å²) in [4.78, 5) is 12.3. The first-order valence-electron chi connectivity index (χ1n) is 11.7. The molecule has 0 fully saturated rings. The highest BCUT2D eigenvalue weighted by Gasteiger charge is 2.29. The predicted molar refractivity (Wildman–Crippen MR) is 133 cm³/mol. The Hall–Kier alpha value is -3.74. The summed E-state index contributed by atoms with van der Waals surface area (Å²) >= 11 is 0. The summed E-state index contributed by atoms with van der Waals surface area (Å²) in [5, 5.41) is 24.7. The molecule has 0 heterocycles. The molecule has 0 bridgehead atoms. The molecule has 0 aliphatic heterocycles. The highest BCUT2D eigenvalue weighted by atomic mass is 19.1. The molecular formula is C29H26FNO4. The molecule has 4 aromatic carbocycles. The normalized spacial score (nSPS) is 14.3. The van der Waals surface area contributed by atoms with Crippen LogP contribution >= 0.6 is 0 Å². The Kier molecular flexibility index (Phi) is 6.49. The van der Waals surface area contributed by atoms with Crippen LogP contribution < -0.4 is 5.32 Å². The Bertz CT molecular complexity index is 1330. The van der Waals surface area contributed by atoms with Crippen LogP contribution in [-0.4, -0.2) is 35.6 Å². The molecule has 1 amide bonds. The molecule has 3 N–H and O–H groups in total. The zero-order chi connectivity index (χ0) is 24.4. The number of benzene rings is 4. The van der Waals surface area contributed by atoms with E-state index in [1.807, 2.05) is 24.3 Å². The van der Waals surface area contributed by atoms with E-state index in [0.717, 1.165) is 22.3 Å². The van der Waals surface area contributed by atoms with Gasteiger partial charge in [-0.25, -0.2) is 9.18 Å². The van der Waals surface area contributed by atoms with Gasteiger partial charge < -0.3 is 20.3 Å². The van der Waals surface area contributed by atoms with Crippen LogP contribution in [0, 0.1) is 5.82 Å². The molecule has 4 aromatic rings. The first-order valence-corrected chi connectivity index (χ1v) is 11.7. The van der Waals surface area contributed by atoms with Crippen molar-refractivity contribution in [3.63, 3.8) is 0 Å². The van der Waals surface area contributed by atoms with Crippen LogP contribution in [0.2, 0.25) is 0 Å². The van der Waals surface area contributed by atoms with Crippen LogP contribution in [0.3, 0.4) is 0 Å². The third-order valence-corrected chi connectivity index (χ3v) is 6.64. The average molecular weight is 472 g/mol. The van der Waals surface area contributed by atoms with Crippen molar-refractivity contribution in [2.45, 2.75) is 24.5 Å². The maximum atomic E-state index is 14.1. The standard InChI is InChI=1S/C29H26FNO4/c30-26-14-13-24(22-11-5-6-12-23(22)26)28(33)27(32)15-16-31-29(34)35-17-25-20-9-3-1-7-18(20)19-8-2-4-10-21(19)25/h1-14,25,27-28,32-33H,15-17H2,(H,31,34). The minimum atomic E-state index is -1.22. The van der Waals surface area contributed by atoms with Crippen molar-refractivity contribution in [3.8, 4) is 11.1 Å². The number of carbonyl (C=O) groups is 1. The Labute approximate surface area is 202 Å². The summed E-state index contributed by atoms with van der Waals surface area (Å²) in [7, 11) is 0. The van der Waals surface area contributed by atoms with E-state index in [4.69, 9.17) is 4.74 Å². The van der Waals surface area contributed by atoms with Gasteiger partial charge in [0.15, 0.2) is 0 Å². The lowest BCUT2D eigenvalue weighted by atomic mass is 9.96. The number of ether oxygens (including phenoxy) is 1. The first-order chi connectivity index (χ1) is 17.0. The number of halogens is 1. The third-order valence-electron chi connectivity index (χ3n) is 6.64. The molecule has 6 heteroatoms. The first kappa shape index (κ1) is 23.0. The summed E-state index contributed by atoms with van der Waals surface area (Å²) in [5.41, 5.74) is 5.01. The van der Waals surface area contributed by atoms with E-state index in [1.54, 1.807) is 24.3 Å². The van der Waals surface area contributed by atoms with Gasteiger partial charge >= 0.3 is 6.09 Å². The number of carbonyl (C=O) groups excluding carboxylic acids is 1. The minimum Gasteiger partial charge on any atom is -0.449 e. The fourth-order valence-corrected chi connectivity index (χ4v) is 4.88. The maximum Gasteiger partial charge on any atom is 0.407 e. The second-order valence-corrected chi connectivity index (χ2v) is 8.74. The van der Waals surface area contributed by atoms with Crippen LogP contribution in [0.25, 0.3) is 21.9 Å². The Balaban J connectivity index is 1.16. The molecule has 5 nitrogen and oxygen atoms in total. The van der Waals surface area contributed by atoms with E-state index in [1.165, 1.54) is 12.1 Å². The van der Waals surface area contributed by atoms with Gasteiger partial charge in [0.2, 0.25) is 0 Å². The molecule has 2 atom stereocenters. The predicted octanol–water partition coefficient (Wildman–Crippen LogP) is 5.30. The van der Waals surface area contributed by atoms with Gasteiger partial charge in [-0.15, -0.1) is 0 Å². The molecule has 35 heavy (non-hydrogen) atoms. The molecule has 178 valence electrons. The van der Waals surface area contributed by atoms with E-state index in [0.29, 0.717) is 16.3 Å². The number of hydrogen-bond acceptors (Lipinski definition) is 4. The zero-order valence-corrected chi connectivity index (χ0v) is 19.0. The molecule has 1 aliphatic carbocycles. The monoisotopic (exact) mass is 471 g/mol. The summed E-state index contributed by atoms with van der Waals surface area (Å²) in [6.07, 6.45) is -2.83. The van der Waals surface area contributed by atoms with Crippen molar-refractivity contribution in [3.05, 3.63) is 107 Å². The lowest BCUT2D eigenvalue weighted by molar-refractivity contribution is 0.0145. The van der Waals surface area contributed by atoms with E-state index in [-0.39, 0.29) is 31.3 Å². The van der Waals surface area contributed by atoms with Crippen LogP contribution in [0.4, 0.5) is 9.18 Å². The van der Waals surface area contributed by atoms with Crippen molar-refractivity contribution in [1.82, 2.24) is 5.32 Å². The smallest absolute Gasteiger partial charge is 0.407 e. The van der Waals surface area contributed by atoms with Gasteiger partial charge in [-0.3, -0.25) is 0 Å². The molecular weight excluding hydrogens is 445 g/mol. The molecule has 1 aliphatic rings. The summed E-state index contributed by atoms with van der Waals surface area (Å²) in [6.45, 7) is 0.320. The number of nitrogens with one attached hydrogen (secondary N) is 1. The van der Waals surface area contributed by atoms with E-state index >= 15 is 0 Å². The Morgan fingerprint density at radius 2 is 1.46 bits per heavy atom. The van der Waals surface area contributed by atoms with E-state index in [2.05, 4.69) is 29.6 Å². The lowest BCUT2D eigenvalue weighted by Crippen LogP contribution is -2.30. The van der Waals surface area contributed by atoms with Gasteiger partial charge in [0.05, 0.1) is 6.10 Å². The fourth-order valence-electron chi connectivity index (χ4n) is 4.88. The SMILES string of the molecule is O=C(NCCC(O)C(O)c1ccc(F)c2ccccc12)OCC1c2ccccc2-c2ccccc21. The zero-order valence-electron chi connectivity index (χ0n) is 19.0. The summed E-state index contributed by atoms with van der Waals surface area (Å²) in [5.74, 6) is -0.421. The van der Waals surface area contributed by atoms with Crippen molar-refractivity contribution >= 4 is 16.9 Å². The van der Waals surface area contributed by atoms with Gasteiger partial charge in [0.25, 0.3) is 0 Å². The fraction of sp³-hybridized carbons (Fsp3) is 0.207. The number of hydrogen-bond donors (Lipinski definition) is 3. The highest BCUT2D eigenvalue weighted by Crippen LogP contribution is 2.44. The molecule has 0 spiro atoms. The summed E-state index contributed by atoms with van der Waals surface area (Å²) in [6, 6.07) is 25.8. The topological polar surface area (TPSA) is 78.8 Å². The van der Waals surface area contributed by atoms with Crippen LogP contribution in [0.1, 0.15) is 35.1 Å². The Morgan fingerprint density at radius 3 is 2.14 bits per heavy atom. The number of alkyl carbamates (subject to hydrolysis) is 1.